The van der Waals surface area contributed by atoms with Crippen molar-refractivity contribution in [1.29, 1.82) is 0 Å². The molecule has 2 aromatic carbocycles. The molecule has 0 amide bonds. The number of aromatic nitrogens is 2. The van der Waals surface area contributed by atoms with Gasteiger partial charge in [-0.1, -0.05) is 12.1 Å². The van der Waals surface area contributed by atoms with Crippen molar-refractivity contribution in [3.05, 3.63) is 52.4 Å². The van der Waals surface area contributed by atoms with E-state index in [0.717, 1.165) is 30.3 Å². The Kier molecular flexibility index (Phi) is 4.93. The molecule has 0 saturated heterocycles. The minimum Gasteiger partial charge on any atom is -0.294 e. The minimum atomic E-state index is -4.90. The normalized spacial score (nSPS) is 13.1. The number of nitrogens with zero attached hydrogens (tertiary/aromatic N) is 1. The molecule has 0 aliphatic carbocycles. The van der Waals surface area contributed by atoms with Crippen LogP contribution in [-0.4, -0.2) is 48.7 Å². The van der Waals surface area contributed by atoms with Gasteiger partial charge in [0, 0.05) is 16.8 Å². The lowest BCUT2D eigenvalue weighted by atomic mass is 10.1. The molecule has 0 unspecified atom stereocenters. The molecule has 0 saturated carbocycles. The van der Waals surface area contributed by atoms with Crippen LogP contribution in [0.5, 0.6) is 0 Å². The molecule has 12 nitrogen and oxygen atoms in total. The van der Waals surface area contributed by atoms with Gasteiger partial charge in [0.05, 0.1) is 11.4 Å². The van der Waals surface area contributed by atoms with Crippen LogP contribution in [0.25, 0.3) is 16.5 Å². The van der Waals surface area contributed by atoms with Crippen LogP contribution in [0, 0.1) is 0 Å². The van der Waals surface area contributed by atoms with Gasteiger partial charge in [-0.3, -0.25) is 23.6 Å². The first kappa shape index (κ1) is 21.2. The van der Waals surface area contributed by atoms with E-state index in [1.807, 2.05) is 0 Å². The third-order valence-electron chi connectivity index (χ3n) is 3.83. The SMILES string of the molecule is O=c1cc(CS(=O)(=O)O)[nH]n1-c1cc(S(=O)(=O)O)c2cccc(S(=O)(=O)O)c2c1. The molecule has 0 atom stereocenters. The first-order chi connectivity index (χ1) is 13.2. The Morgan fingerprint density at radius 1 is 0.828 bits per heavy atom. The van der Waals surface area contributed by atoms with Gasteiger partial charge in [0.1, 0.15) is 15.5 Å². The van der Waals surface area contributed by atoms with Crippen LogP contribution in [0.15, 0.2) is 51.0 Å². The van der Waals surface area contributed by atoms with Crippen LogP contribution >= 0.6 is 0 Å². The summed E-state index contributed by atoms with van der Waals surface area (Å²) in [5.41, 5.74) is -1.39. The van der Waals surface area contributed by atoms with Crippen LogP contribution in [0.4, 0.5) is 0 Å². The molecule has 1 heterocycles. The lowest BCUT2D eigenvalue weighted by molar-refractivity contribution is 0.480. The Labute approximate surface area is 163 Å². The summed E-state index contributed by atoms with van der Waals surface area (Å²) in [5.74, 6) is -0.940. The topological polar surface area (TPSA) is 201 Å². The molecule has 0 spiro atoms. The van der Waals surface area contributed by atoms with Crippen LogP contribution < -0.4 is 5.56 Å². The molecule has 0 radical (unpaired) electrons. The van der Waals surface area contributed by atoms with Crippen molar-refractivity contribution in [3.8, 4) is 5.69 Å². The lowest BCUT2D eigenvalue weighted by Gasteiger charge is -2.11. The zero-order chi connectivity index (χ0) is 21.8. The van der Waals surface area contributed by atoms with Crippen molar-refractivity contribution in [1.82, 2.24) is 9.78 Å². The molecule has 3 rings (SSSR count). The summed E-state index contributed by atoms with van der Waals surface area (Å²) in [6, 6.07) is 6.02. The molecule has 3 aromatic rings. The Hall–Kier alpha value is -2.56. The summed E-state index contributed by atoms with van der Waals surface area (Å²) in [6.45, 7) is 0. The number of hydrogen-bond donors (Lipinski definition) is 4. The summed E-state index contributed by atoms with van der Waals surface area (Å²) < 4.78 is 97.4. The van der Waals surface area contributed by atoms with Gasteiger partial charge < -0.3 is 0 Å². The zero-order valence-electron chi connectivity index (χ0n) is 14.0. The fraction of sp³-hybridized carbons (Fsp3) is 0.0714. The Bertz CT molecular complexity index is 1510. The smallest absolute Gasteiger partial charge is 0.294 e. The van der Waals surface area contributed by atoms with E-state index >= 15 is 0 Å². The molecule has 15 heteroatoms. The maximum atomic E-state index is 12.2. The third-order valence-corrected chi connectivity index (χ3v) is 6.31. The van der Waals surface area contributed by atoms with Crippen LogP contribution in [0.1, 0.15) is 5.69 Å². The van der Waals surface area contributed by atoms with E-state index in [4.69, 9.17) is 4.55 Å². The fourth-order valence-corrected chi connectivity index (χ4v) is 4.75. The van der Waals surface area contributed by atoms with Gasteiger partial charge in [-0.2, -0.15) is 25.3 Å². The van der Waals surface area contributed by atoms with E-state index in [9.17, 15) is 39.2 Å². The lowest BCUT2D eigenvalue weighted by Crippen LogP contribution is -2.15. The summed E-state index contributed by atoms with van der Waals surface area (Å²) in [7, 11) is -14.2. The molecule has 4 N–H and O–H groups in total. The average Bonchev–Trinajstić information content (AvgIpc) is 2.89. The number of rotatable bonds is 5. The Balaban J connectivity index is 2.40. The number of H-pyrrole nitrogens is 1. The number of fused-ring (bicyclic) bond motifs is 1. The summed E-state index contributed by atoms with van der Waals surface area (Å²) >= 11 is 0. The van der Waals surface area contributed by atoms with Gasteiger partial charge in [-0.25, -0.2) is 4.68 Å². The first-order valence-corrected chi connectivity index (χ1v) is 11.9. The summed E-state index contributed by atoms with van der Waals surface area (Å²) in [5, 5.41) is 1.76. The molecule has 0 aliphatic rings. The molecular weight excluding hydrogens is 452 g/mol. The van der Waals surface area contributed by atoms with E-state index in [0.29, 0.717) is 4.68 Å². The fourth-order valence-electron chi connectivity index (χ4n) is 2.78. The molecule has 1 aromatic heterocycles. The van der Waals surface area contributed by atoms with Crippen molar-refractivity contribution in [3.63, 3.8) is 0 Å². The highest BCUT2D eigenvalue weighted by Gasteiger charge is 2.22. The third kappa shape index (κ3) is 4.39. The molecule has 0 bridgehead atoms. The van der Waals surface area contributed by atoms with Crippen molar-refractivity contribution in [2.24, 2.45) is 0 Å². The zero-order valence-corrected chi connectivity index (χ0v) is 16.5. The summed E-state index contributed by atoms with van der Waals surface area (Å²) in [6.07, 6.45) is 0. The van der Waals surface area contributed by atoms with E-state index in [2.05, 4.69) is 5.10 Å². The van der Waals surface area contributed by atoms with Crippen molar-refractivity contribution in [2.75, 3.05) is 0 Å². The quantitative estimate of drug-likeness (QED) is 0.378. The monoisotopic (exact) mass is 464 g/mol. The van der Waals surface area contributed by atoms with Crippen LogP contribution in [0.3, 0.4) is 0 Å². The first-order valence-electron chi connectivity index (χ1n) is 7.45. The number of aromatic amines is 1. The van der Waals surface area contributed by atoms with Gasteiger partial charge in [-0.15, -0.1) is 0 Å². The van der Waals surface area contributed by atoms with E-state index in [1.54, 1.807) is 0 Å². The van der Waals surface area contributed by atoms with Gasteiger partial charge in [-0.05, 0) is 18.2 Å². The van der Waals surface area contributed by atoms with Gasteiger partial charge >= 0.3 is 0 Å². The number of nitrogens with one attached hydrogen (secondary N) is 1. The Morgan fingerprint density at radius 3 is 2.00 bits per heavy atom. The predicted molar refractivity (Wildman–Crippen MR) is 98.8 cm³/mol. The van der Waals surface area contributed by atoms with Crippen molar-refractivity contribution < 1.29 is 38.9 Å². The van der Waals surface area contributed by atoms with Gasteiger partial charge in [0.15, 0.2) is 0 Å². The van der Waals surface area contributed by atoms with Gasteiger partial charge in [0.25, 0.3) is 35.9 Å². The molecule has 0 fully saturated rings. The predicted octanol–water partition coefficient (Wildman–Crippen LogP) is 0.200. The van der Waals surface area contributed by atoms with Crippen LogP contribution in [0.2, 0.25) is 0 Å². The van der Waals surface area contributed by atoms with Crippen molar-refractivity contribution in [2.45, 2.75) is 15.5 Å². The van der Waals surface area contributed by atoms with E-state index in [1.165, 1.54) is 6.07 Å². The minimum absolute atomic E-state index is 0.242. The highest BCUT2D eigenvalue weighted by molar-refractivity contribution is 7.86. The maximum Gasteiger partial charge on any atom is 0.295 e. The highest BCUT2D eigenvalue weighted by Crippen LogP contribution is 2.31. The standard InChI is InChI=1S/C14H12N2O10S3/c17-14-4-8(7-27(18,19)20)15-16(14)9-5-11-10(13(6-9)29(24,25)26)2-1-3-12(11)28(21,22)23/h1-6,15H,7H2,(H,18,19,20)(H,21,22,23)(H,24,25,26). The second-order valence-corrected chi connectivity index (χ2v) is 10.2. The molecule has 156 valence electrons. The maximum absolute atomic E-state index is 12.2. The molecule has 0 aliphatic heterocycles. The molecular formula is C14H12N2O10S3. The average molecular weight is 464 g/mol. The number of hydrogen-bond acceptors (Lipinski definition) is 7. The highest BCUT2D eigenvalue weighted by atomic mass is 32.2. The van der Waals surface area contributed by atoms with E-state index in [-0.39, 0.29) is 22.2 Å². The number of benzene rings is 2. The van der Waals surface area contributed by atoms with Crippen molar-refractivity contribution >= 4 is 41.1 Å². The second kappa shape index (κ2) is 6.75. The van der Waals surface area contributed by atoms with E-state index < -0.39 is 51.5 Å². The van der Waals surface area contributed by atoms with Crippen LogP contribution in [-0.2, 0) is 36.1 Å². The Morgan fingerprint density at radius 2 is 1.45 bits per heavy atom. The summed E-state index contributed by atoms with van der Waals surface area (Å²) in [4.78, 5) is 10.7. The second-order valence-electron chi connectivity index (χ2n) is 5.93. The van der Waals surface area contributed by atoms with Gasteiger partial charge in [0.2, 0.25) is 0 Å². The molecule has 29 heavy (non-hydrogen) atoms. The largest absolute Gasteiger partial charge is 0.295 e.